The van der Waals surface area contributed by atoms with E-state index in [1.54, 1.807) is 0 Å². The van der Waals surface area contributed by atoms with E-state index in [9.17, 15) is 9.59 Å². The maximum absolute atomic E-state index is 11.3. The molecule has 5 heteroatoms. The zero-order valence-corrected chi connectivity index (χ0v) is 10.5. The molecule has 2 rings (SSSR count). The van der Waals surface area contributed by atoms with Crippen LogP contribution in [0.15, 0.2) is 30.3 Å². The highest BCUT2D eigenvalue weighted by atomic mass is 32.1. The fourth-order valence-electron chi connectivity index (χ4n) is 1.59. The third-order valence-corrected chi connectivity index (χ3v) is 3.55. The monoisotopic (exact) mass is 261 g/mol. The van der Waals surface area contributed by atoms with E-state index >= 15 is 0 Å². The molecule has 0 saturated carbocycles. The molecule has 18 heavy (non-hydrogen) atoms. The number of benzene rings is 1. The van der Waals surface area contributed by atoms with Crippen LogP contribution in [0.1, 0.15) is 37.7 Å². The number of aromatic carboxylic acids is 1. The van der Waals surface area contributed by atoms with Crippen LogP contribution in [0.2, 0.25) is 0 Å². The molecule has 0 saturated heterocycles. The average molecular weight is 261 g/mol. The number of ketones is 1. The van der Waals surface area contributed by atoms with Gasteiger partial charge in [0.25, 0.3) is 0 Å². The summed E-state index contributed by atoms with van der Waals surface area (Å²) in [6.07, 6.45) is 0.541. The van der Waals surface area contributed by atoms with Gasteiger partial charge in [-0.2, -0.15) is 0 Å². The van der Waals surface area contributed by atoms with Gasteiger partial charge in [0.15, 0.2) is 11.5 Å². The first-order valence-corrected chi connectivity index (χ1v) is 6.17. The Labute approximate surface area is 108 Å². The number of nitrogens with zero attached hydrogens (tertiary/aromatic N) is 1. The zero-order valence-electron chi connectivity index (χ0n) is 9.71. The van der Waals surface area contributed by atoms with Crippen molar-refractivity contribution < 1.29 is 14.7 Å². The molecule has 1 heterocycles. The van der Waals surface area contributed by atoms with Crippen molar-refractivity contribution in [3.63, 3.8) is 0 Å². The van der Waals surface area contributed by atoms with E-state index in [0.29, 0.717) is 11.4 Å². The molecule has 1 aromatic carbocycles. The molecule has 0 aliphatic heterocycles. The fourth-order valence-corrected chi connectivity index (χ4v) is 2.58. The summed E-state index contributed by atoms with van der Waals surface area (Å²) in [5, 5.41) is 9.63. The van der Waals surface area contributed by atoms with E-state index in [1.165, 1.54) is 6.92 Å². The van der Waals surface area contributed by atoms with Crippen LogP contribution >= 0.6 is 11.3 Å². The van der Waals surface area contributed by atoms with Gasteiger partial charge in [-0.3, -0.25) is 4.79 Å². The topological polar surface area (TPSA) is 67.3 Å². The highest BCUT2D eigenvalue weighted by Crippen LogP contribution is 2.21. The van der Waals surface area contributed by atoms with E-state index in [4.69, 9.17) is 5.11 Å². The van der Waals surface area contributed by atoms with Gasteiger partial charge in [-0.25, -0.2) is 9.78 Å². The number of thiazole rings is 1. The third kappa shape index (κ3) is 2.62. The van der Waals surface area contributed by atoms with E-state index < -0.39 is 5.97 Å². The van der Waals surface area contributed by atoms with Gasteiger partial charge < -0.3 is 5.11 Å². The summed E-state index contributed by atoms with van der Waals surface area (Å²) in [4.78, 5) is 26.6. The van der Waals surface area contributed by atoms with Crippen molar-refractivity contribution in [1.82, 2.24) is 4.98 Å². The smallest absolute Gasteiger partial charge is 0.356 e. The maximum Gasteiger partial charge on any atom is 0.356 e. The van der Waals surface area contributed by atoms with Gasteiger partial charge in [0.05, 0.1) is 5.01 Å². The molecular formula is C13H11NO3S. The van der Waals surface area contributed by atoms with Gasteiger partial charge in [-0.05, 0) is 5.56 Å². The lowest BCUT2D eigenvalue weighted by atomic mass is 10.2. The van der Waals surface area contributed by atoms with Gasteiger partial charge in [-0.15, -0.1) is 11.3 Å². The van der Waals surface area contributed by atoms with Crippen molar-refractivity contribution >= 4 is 23.1 Å². The van der Waals surface area contributed by atoms with Crippen molar-refractivity contribution in [3.8, 4) is 0 Å². The molecule has 1 aromatic heterocycles. The van der Waals surface area contributed by atoms with E-state index in [2.05, 4.69) is 4.98 Å². The highest BCUT2D eigenvalue weighted by molar-refractivity contribution is 7.14. The normalized spacial score (nSPS) is 10.3. The van der Waals surface area contributed by atoms with Crippen LogP contribution < -0.4 is 0 Å². The Morgan fingerprint density at radius 2 is 1.94 bits per heavy atom. The number of hydrogen-bond donors (Lipinski definition) is 1. The van der Waals surface area contributed by atoms with E-state index in [-0.39, 0.29) is 16.4 Å². The number of carbonyl (C=O) groups excluding carboxylic acids is 1. The predicted molar refractivity (Wildman–Crippen MR) is 68.3 cm³/mol. The summed E-state index contributed by atoms with van der Waals surface area (Å²) in [7, 11) is 0. The van der Waals surface area contributed by atoms with Crippen LogP contribution in [-0.2, 0) is 6.42 Å². The van der Waals surface area contributed by atoms with Crippen LogP contribution in [0.5, 0.6) is 0 Å². The molecule has 0 amide bonds. The Bertz CT molecular complexity index is 558. The van der Waals surface area contributed by atoms with Gasteiger partial charge in [0, 0.05) is 13.3 Å². The first-order chi connectivity index (χ1) is 8.58. The molecule has 92 valence electrons. The molecule has 0 unspecified atom stereocenters. The molecule has 0 bridgehead atoms. The van der Waals surface area contributed by atoms with Gasteiger partial charge in [0.1, 0.15) is 4.88 Å². The van der Waals surface area contributed by atoms with Crippen molar-refractivity contribution in [1.29, 1.82) is 0 Å². The quantitative estimate of drug-likeness (QED) is 0.859. The first-order valence-electron chi connectivity index (χ1n) is 5.36. The van der Waals surface area contributed by atoms with Crippen molar-refractivity contribution in [2.75, 3.05) is 0 Å². The van der Waals surface area contributed by atoms with Crippen LogP contribution in [0.4, 0.5) is 0 Å². The summed E-state index contributed by atoms with van der Waals surface area (Å²) in [5.74, 6) is -1.42. The minimum absolute atomic E-state index is 0.140. The Kier molecular flexibility index (Phi) is 3.53. The van der Waals surface area contributed by atoms with Crippen LogP contribution in [0.25, 0.3) is 0 Å². The number of carbonyl (C=O) groups is 2. The number of carboxylic acid groups (broad SMARTS) is 1. The maximum atomic E-state index is 11.3. The summed E-state index contributed by atoms with van der Waals surface area (Å²) in [6.45, 7) is 1.35. The van der Waals surface area contributed by atoms with E-state index in [0.717, 1.165) is 16.9 Å². The number of rotatable bonds is 4. The summed E-state index contributed by atoms with van der Waals surface area (Å²) in [5.41, 5.74) is 0.900. The molecule has 0 aliphatic carbocycles. The van der Waals surface area contributed by atoms with Crippen molar-refractivity contribution in [2.45, 2.75) is 13.3 Å². The van der Waals surface area contributed by atoms with Crippen LogP contribution in [0.3, 0.4) is 0 Å². The lowest BCUT2D eigenvalue weighted by Gasteiger charge is -1.95. The minimum atomic E-state index is -1.16. The molecule has 4 nitrogen and oxygen atoms in total. The molecule has 0 aliphatic rings. The number of carboxylic acids is 1. The zero-order chi connectivity index (χ0) is 13.1. The molecule has 1 N–H and O–H groups in total. The Balaban J connectivity index is 2.33. The molecule has 0 spiro atoms. The fraction of sp³-hybridized carbons (Fsp3) is 0.154. The van der Waals surface area contributed by atoms with Crippen molar-refractivity contribution in [3.05, 3.63) is 51.5 Å². The Morgan fingerprint density at radius 3 is 2.44 bits per heavy atom. The SMILES string of the molecule is CC(=O)c1sc(Cc2ccccc2)nc1C(=O)O. The second-order valence-corrected chi connectivity index (χ2v) is 4.89. The number of hydrogen-bond acceptors (Lipinski definition) is 4. The molecule has 0 radical (unpaired) electrons. The third-order valence-electron chi connectivity index (χ3n) is 2.39. The lowest BCUT2D eigenvalue weighted by Crippen LogP contribution is -2.03. The Morgan fingerprint density at radius 1 is 1.28 bits per heavy atom. The minimum Gasteiger partial charge on any atom is -0.476 e. The summed E-state index contributed by atoms with van der Waals surface area (Å²) in [6, 6.07) is 9.61. The van der Waals surface area contributed by atoms with Crippen LogP contribution in [0, 0.1) is 0 Å². The second kappa shape index (κ2) is 5.10. The van der Waals surface area contributed by atoms with Gasteiger partial charge in [-0.1, -0.05) is 30.3 Å². The van der Waals surface area contributed by atoms with Gasteiger partial charge >= 0.3 is 5.97 Å². The molecule has 2 aromatic rings. The lowest BCUT2D eigenvalue weighted by molar-refractivity contribution is 0.0687. The van der Waals surface area contributed by atoms with Crippen LogP contribution in [-0.4, -0.2) is 21.8 Å². The first kappa shape index (κ1) is 12.4. The highest BCUT2D eigenvalue weighted by Gasteiger charge is 2.20. The summed E-state index contributed by atoms with van der Waals surface area (Å²) < 4.78 is 0. The molecular weight excluding hydrogens is 250 g/mol. The number of Topliss-reactive ketones (excluding diaryl/α,β-unsaturated/α-hetero) is 1. The van der Waals surface area contributed by atoms with Crippen molar-refractivity contribution in [2.24, 2.45) is 0 Å². The second-order valence-electron chi connectivity index (χ2n) is 3.81. The molecule has 0 atom stereocenters. The largest absolute Gasteiger partial charge is 0.476 e. The Hall–Kier alpha value is -2.01. The summed E-state index contributed by atoms with van der Waals surface area (Å²) >= 11 is 1.15. The average Bonchev–Trinajstić information content (AvgIpc) is 2.74. The molecule has 0 fully saturated rings. The van der Waals surface area contributed by atoms with Gasteiger partial charge in [0.2, 0.25) is 0 Å². The number of aromatic nitrogens is 1. The standard InChI is InChI=1S/C13H11NO3S/c1-8(15)12-11(13(16)17)14-10(18-12)7-9-5-3-2-4-6-9/h2-6H,7H2,1H3,(H,16,17). The predicted octanol–water partition coefficient (Wildman–Crippen LogP) is 2.63. The van der Waals surface area contributed by atoms with E-state index in [1.807, 2.05) is 30.3 Å².